The van der Waals surface area contributed by atoms with Gasteiger partial charge in [0.2, 0.25) is 15.9 Å². The van der Waals surface area contributed by atoms with Gasteiger partial charge in [0.15, 0.2) is 0 Å². The lowest BCUT2D eigenvalue weighted by Gasteiger charge is -2.05. The highest BCUT2D eigenvalue weighted by Crippen LogP contribution is 2.23. The number of rotatable bonds is 8. The third-order valence-electron chi connectivity index (χ3n) is 4.05. The molecule has 0 unspecified atom stereocenters. The average molecular weight is 370 g/mol. The molecule has 0 saturated carbocycles. The van der Waals surface area contributed by atoms with Gasteiger partial charge in [0.25, 0.3) is 0 Å². The summed E-state index contributed by atoms with van der Waals surface area (Å²) >= 11 is 0. The van der Waals surface area contributed by atoms with E-state index in [1.165, 1.54) is 0 Å². The van der Waals surface area contributed by atoms with Crippen molar-refractivity contribution in [3.8, 4) is 11.3 Å². The molecule has 6 heteroatoms. The molecule has 3 rings (SSSR count). The van der Waals surface area contributed by atoms with Gasteiger partial charge in [-0.15, -0.1) is 0 Å². The second-order valence-corrected chi connectivity index (χ2v) is 8.03. The Bertz CT molecular complexity index is 936. The van der Waals surface area contributed by atoms with Crippen LogP contribution in [0.1, 0.15) is 23.6 Å². The second-order valence-electron chi connectivity index (χ2n) is 6.11. The number of nitrogens with one attached hydrogen (secondary N) is 1. The van der Waals surface area contributed by atoms with Crippen LogP contribution in [0, 0.1) is 6.92 Å². The fourth-order valence-electron chi connectivity index (χ4n) is 2.75. The zero-order chi connectivity index (χ0) is 18.4. The zero-order valence-corrected chi connectivity index (χ0v) is 15.5. The van der Waals surface area contributed by atoms with Gasteiger partial charge in [0.1, 0.15) is 11.5 Å². The molecule has 0 aliphatic heterocycles. The third-order valence-corrected chi connectivity index (χ3v) is 5.46. The average Bonchev–Trinajstić information content (AvgIpc) is 3.02. The Morgan fingerprint density at radius 1 is 1.00 bits per heavy atom. The summed E-state index contributed by atoms with van der Waals surface area (Å²) in [6.45, 7) is 1.88. The van der Waals surface area contributed by atoms with Crippen molar-refractivity contribution in [1.82, 2.24) is 9.71 Å². The van der Waals surface area contributed by atoms with E-state index in [1.807, 2.05) is 67.6 Å². The van der Waals surface area contributed by atoms with Crippen molar-refractivity contribution in [3.63, 3.8) is 0 Å². The molecule has 3 aromatic rings. The van der Waals surface area contributed by atoms with Crippen molar-refractivity contribution in [2.45, 2.75) is 26.3 Å². The van der Waals surface area contributed by atoms with E-state index in [9.17, 15) is 8.42 Å². The van der Waals surface area contributed by atoms with Crippen LogP contribution < -0.4 is 4.72 Å². The van der Waals surface area contributed by atoms with E-state index in [2.05, 4.69) is 9.71 Å². The maximum Gasteiger partial charge on any atom is 0.212 e. The molecule has 136 valence electrons. The lowest BCUT2D eigenvalue weighted by molar-refractivity contribution is 0.463. The van der Waals surface area contributed by atoms with Gasteiger partial charge in [0, 0.05) is 5.56 Å². The number of oxazole rings is 1. The predicted octanol–water partition coefficient (Wildman–Crippen LogP) is 3.70. The summed E-state index contributed by atoms with van der Waals surface area (Å²) in [6, 6.07) is 19.5. The molecule has 26 heavy (non-hydrogen) atoms. The van der Waals surface area contributed by atoms with Crippen LogP contribution >= 0.6 is 0 Å². The number of hydrogen-bond donors (Lipinski definition) is 1. The lowest BCUT2D eigenvalue weighted by atomic mass is 10.1. The Hall–Kier alpha value is -2.44. The van der Waals surface area contributed by atoms with Gasteiger partial charge < -0.3 is 4.42 Å². The largest absolute Gasteiger partial charge is 0.444 e. The Morgan fingerprint density at radius 2 is 1.65 bits per heavy atom. The summed E-state index contributed by atoms with van der Waals surface area (Å²) < 4.78 is 32.5. The fraction of sp³-hybridized carbons (Fsp3) is 0.250. The highest BCUT2D eigenvalue weighted by atomic mass is 32.2. The molecule has 5 nitrogen and oxygen atoms in total. The summed E-state index contributed by atoms with van der Waals surface area (Å²) in [6.07, 6.45) is 1.30. The van der Waals surface area contributed by atoms with Crippen molar-refractivity contribution in [1.29, 1.82) is 0 Å². The molecule has 0 aliphatic carbocycles. The van der Waals surface area contributed by atoms with Gasteiger partial charge >= 0.3 is 0 Å². The molecular weight excluding hydrogens is 348 g/mol. The first kappa shape index (κ1) is 18.4. The van der Waals surface area contributed by atoms with Crippen LogP contribution in [0.5, 0.6) is 0 Å². The summed E-state index contributed by atoms with van der Waals surface area (Å²) in [7, 11) is -3.37. The molecule has 2 aromatic carbocycles. The van der Waals surface area contributed by atoms with Crippen LogP contribution in [-0.4, -0.2) is 19.2 Å². The first-order valence-corrected chi connectivity index (χ1v) is 10.2. The Balaban J connectivity index is 1.55. The minimum absolute atomic E-state index is 0.0569. The van der Waals surface area contributed by atoms with Crippen LogP contribution in [-0.2, 0) is 23.0 Å². The van der Waals surface area contributed by atoms with Crippen molar-refractivity contribution >= 4 is 10.0 Å². The predicted molar refractivity (Wildman–Crippen MR) is 102 cm³/mol. The Morgan fingerprint density at radius 3 is 2.35 bits per heavy atom. The van der Waals surface area contributed by atoms with Crippen LogP contribution in [0.2, 0.25) is 0 Å². The Kier molecular flexibility index (Phi) is 5.85. The molecule has 0 radical (unpaired) electrons. The molecule has 1 aromatic heterocycles. The van der Waals surface area contributed by atoms with Gasteiger partial charge in [-0.2, -0.15) is 0 Å². The molecule has 1 N–H and O–H groups in total. The second kappa shape index (κ2) is 8.29. The quantitative estimate of drug-likeness (QED) is 0.656. The van der Waals surface area contributed by atoms with E-state index in [1.54, 1.807) is 0 Å². The maximum atomic E-state index is 12.2. The summed E-state index contributed by atoms with van der Waals surface area (Å²) in [5.74, 6) is 1.12. The van der Waals surface area contributed by atoms with Gasteiger partial charge in [-0.25, -0.2) is 18.1 Å². The summed E-state index contributed by atoms with van der Waals surface area (Å²) in [5, 5.41) is 0. The van der Waals surface area contributed by atoms with Gasteiger partial charge in [-0.1, -0.05) is 60.7 Å². The van der Waals surface area contributed by atoms with Gasteiger partial charge in [-0.3, -0.25) is 0 Å². The smallest absolute Gasteiger partial charge is 0.212 e. The third kappa shape index (κ3) is 5.03. The summed E-state index contributed by atoms with van der Waals surface area (Å²) in [5.41, 5.74) is 2.83. The van der Waals surface area contributed by atoms with Gasteiger partial charge in [0.05, 0.1) is 12.3 Å². The first-order chi connectivity index (χ1) is 12.5. The molecule has 0 spiro atoms. The van der Waals surface area contributed by atoms with Gasteiger partial charge in [-0.05, 0) is 25.3 Å². The van der Waals surface area contributed by atoms with Crippen molar-refractivity contribution in [3.05, 3.63) is 77.9 Å². The monoisotopic (exact) mass is 370 g/mol. The molecule has 0 fully saturated rings. The Labute approximate surface area is 154 Å². The van der Waals surface area contributed by atoms with Crippen LogP contribution in [0.4, 0.5) is 0 Å². The van der Waals surface area contributed by atoms with Crippen molar-refractivity contribution in [2.24, 2.45) is 0 Å². The van der Waals surface area contributed by atoms with Crippen LogP contribution in [0.15, 0.2) is 65.1 Å². The topological polar surface area (TPSA) is 72.2 Å². The molecule has 0 atom stereocenters. The highest BCUT2D eigenvalue weighted by molar-refractivity contribution is 7.89. The first-order valence-electron chi connectivity index (χ1n) is 8.56. The molecule has 0 aliphatic rings. The standard InChI is InChI=1S/C20H22N2O3S/c1-16-20(18-12-6-3-7-13-18)22-19(25-16)15-21-26(23,24)14-8-11-17-9-4-2-5-10-17/h2-7,9-10,12-13,21H,8,11,14-15H2,1H3. The number of hydrogen-bond acceptors (Lipinski definition) is 4. The fourth-order valence-corrected chi connectivity index (χ4v) is 3.76. The maximum absolute atomic E-state index is 12.2. The zero-order valence-electron chi connectivity index (χ0n) is 14.7. The number of aryl methyl sites for hydroxylation is 2. The van der Waals surface area contributed by atoms with Crippen LogP contribution in [0.3, 0.4) is 0 Å². The summed E-state index contributed by atoms with van der Waals surface area (Å²) in [4.78, 5) is 4.42. The molecule has 0 amide bonds. The van der Waals surface area contributed by atoms with E-state index in [4.69, 9.17) is 4.42 Å². The molecule has 0 saturated heterocycles. The SMILES string of the molecule is Cc1oc(CNS(=O)(=O)CCCc2ccccc2)nc1-c1ccccc1. The number of nitrogens with zero attached hydrogens (tertiary/aromatic N) is 1. The van der Waals surface area contributed by atoms with Crippen LogP contribution in [0.25, 0.3) is 11.3 Å². The molecular formula is C20H22N2O3S. The minimum atomic E-state index is -3.37. The minimum Gasteiger partial charge on any atom is -0.444 e. The van der Waals surface area contributed by atoms with E-state index in [0.717, 1.165) is 23.2 Å². The molecule has 0 bridgehead atoms. The van der Waals surface area contributed by atoms with E-state index in [0.29, 0.717) is 18.1 Å². The van der Waals surface area contributed by atoms with E-state index >= 15 is 0 Å². The van der Waals surface area contributed by atoms with Crippen molar-refractivity contribution in [2.75, 3.05) is 5.75 Å². The number of benzene rings is 2. The van der Waals surface area contributed by atoms with E-state index < -0.39 is 10.0 Å². The number of sulfonamides is 1. The highest BCUT2D eigenvalue weighted by Gasteiger charge is 2.15. The van der Waals surface area contributed by atoms with Crippen molar-refractivity contribution < 1.29 is 12.8 Å². The van der Waals surface area contributed by atoms with E-state index in [-0.39, 0.29) is 12.3 Å². The normalized spacial score (nSPS) is 11.6. The number of aromatic nitrogens is 1. The molecule has 1 heterocycles. The lowest BCUT2D eigenvalue weighted by Crippen LogP contribution is -2.26.